The molecule has 3 amide bonds. The SMILES string of the molecule is CC(C)[C@@H](C=O)N(C)C(=O)[C@@H](NC(=O)C(N(C)C(=O)OC(C)(C)C)C(C)(C)c1ccccc1)C(C)(C)C. The minimum Gasteiger partial charge on any atom is -0.444 e. The number of aldehydes is 1. The van der Waals surface area contributed by atoms with Crippen molar-refractivity contribution in [1.29, 1.82) is 0 Å². The van der Waals surface area contributed by atoms with Gasteiger partial charge in [-0.05, 0) is 37.7 Å². The lowest BCUT2D eigenvalue weighted by molar-refractivity contribution is -0.144. The standard InChI is InChI=1S/C29H47N3O5/c1-19(2)21(18-33)31(11)25(35)22(27(3,4)5)30-24(34)23(32(12)26(36)37-28(6,7)8)29(9,10)20-16-14-13-15-17-20/h13-19,21-23H,1-12H3,(H,30,34)/t21-,22-,23?/m1/s1. The highest BCUT2D eigenvalue weighted by Crippen LogP contribution is 2.32. The number of hydrogen-bond donors (Lipinski definition) is 1. The van der Waals surface area contributed by atoms with Crippen LogP contribution in [0.25, 0.3) is 0 Å². The molecule has 1 N–H and O–H groups in total. The van der Waals surface area contributed by atoms with Crippen molar-refractivity contribution in [2.45, 2.75) is 98.4 Å². The predicted octanol–water partition coefficient (Wildman–Crippen LogP) is 4.41. The third kappa shape index (κ3) is 8.30. The van der Waals surface area contributed by atoms with Gasteiger partial charge >= 0.3 is 6.09 Å². The van der Waals surface area contributed by atoms with Crippen LogP contribution in [0.15, 0.2) is 30.3 Å². The van der Waals surface area contributed by atoms with Gasteiger partial charge in [-0.1, -0.05) is 78.8 Å². The van der Waals surface area contributed by atoms with E-state index in [0.717, 1.165) is 11.8 Å². The lowest BCUT2D eigenvalue weighted by Gasteiger charge is -2.42. The Morgan fingerprint density at radius 3 is 1.81 bits per heavy atom. The van der Waals surface area contributed by atoms with Crippen LogP contribution in [0.3, 0.4) is 0 Å². The van der Waals surface area contributed by atoms with Crippen LogP contribution in [-0.2, 0) is 24.5 Å². The molecule has 0 fully saturated rings. The molecule has 0 aromatic heterocycles. The summed E-state index contributed by atoms with van der Waals surface area (Å²) < 4.78 is 5.58. The first-order valence-electron chi connectivity index (χ1n) is 12.8. The zero-order chi connectivity index (χ0) is 28.9. The number of nitrogens with one attached hydrogen (secondary N) is 1. The molecule has 0 bridgehead atoms. The van der Waals surface area contributed by atoms with Crippen molar-refractivity contribution in [3.63, 3.8) is 0 Å². The Morgan fingerprint density at radius 2 is 1.41 bits per heavy atom. The lowest BCUT2D eigenvalue weighted by atomic mass is 9.76. The first kappa shape index (κ1) is 32.1. The zero-order valence-corrected chi connectivity index (χ0v) is 24.7. The Hall–Kier alpha value is -2.90. The van der Waals surface area contributed by atoms with E-state index in [0.29, 0.717) is 0 Å². The number of rotatable bonds is 9. The summed E-state index contributed by atoms with van der Waals surface area (Å²) >= 11 is 0. The molecule has 208 valence electrons. The fraction of sp³-hybridized carbons (Fsp3) is 0.655. The lowest BCUT2D eigenvalue weighted by Crippen LogP contribution is -2.63. The molecule has 37 heavy (non-hydrogen) atoms. The molecule has 0 radical (unpaired) electrons. The molecule has 8 heteroatoms. The van der Waals surface area contributed by atoms with E-state index >= 15 is 0 Å². The fourth-order valence-electron chi connectivity index (χ4n) is 4.37. The smallest absolute Gasteiger partial charge is 0.410 e. The third-order valence-corrected chi connectivity index (χ3v) is 6.54. The minimum absolute atomic E-state index is 0.0918. The Morgan fingerprint density at radius 1 is 0.892 bits per heavy atom. The molecule has 0 spiro atoms. The van der Waals surface area contributed by atoms with Crippen molar-refractivity contribution < 1.29 is 23.9 Å². The van der Waals surface area contributed by atoms with Gasteiger partial charge in [0.25, 0.3) is 0 Å². The average Bonchev–Trinajstić information content (AvgIpc) is 2.75. The van der Waals surface area contributed by atoms with E-state index in [-0.39, 0.29) is 11.8 Å². The van der Waals surface area contributed by atoms with E-state index in [9.17, 15) is 19.2 Å². The van der Waals surface area contributed by atoms with E-state index in [4.69, 9.17) is 4.74 Å². The Labute approximate surface area is 223 Å². The van der Waals surface area contributed by atoms with Crippen molar-refractivity contribution in [3.05, 3.63) is 35.9 Å². The van der Waals surface area contributed by atoms with E-state index in [1.54, 1.807) is 27.8 Å². The van der Waals surface area contributed by atoms with Crippen molar-refractivity contribution in [3.8, 4) is 0 Å². The molecule has 1 aromatic rings. The van der Waals surface area contributed by atoms with Gasteiger partial charge in [-0.25, -0.2) is 4.79 Å². The number of hydrogen-bond acceptors (Lipinski definition) is 5. The van der Waals surface area contributed by atoms with Gasteiger partial charge in [-0.2, -0.15) is 0 Å². The number of likely N-dealkylation sites (N-methyl/N-ethyl adjacent to an activating group) is 2. The van der Waals surface area contributed by atoms with Crippen LogP contribution < -0.4 is 5.32 Å². The van der Waals surface area contributed by atoms with Crippen LogP contribution in [0, 0.1) is 11.3 Å². The first-order valence-corrected chi connectivity index (χ1v) is 12.8. The average molecular weight is 518 g/mol. The van der Waals surface area contributed by atoms with Gasteiger partial charge in [-0.15, -0.1) is 0 Å². The fourth-order valence-corrected chi connectivity index (χ4v) is 4.37. The minimum atomic E-state index is -1.00. The van der Waals surface area contributed by atoms with Crippen LogP contribution >= 0.6 is 0 Å². The van der Waals surface area contributed by atoms with E-state index in [1.165, 1.54) is 16.8 Å². The highest BCUT2D eigenvalue weighted by Gasteiger charge is 2.45. The molecular formula is C29H47N3O5. The third-order valence-electron chi connectivity index (χ3n) is 6.54. The van der Waals surface area contributed by atoms with Crippen LogP contribution in [0.5, 0.6) is 0 Å². The van der Waals surface area contributed by atoms with Gasteiger partial charge in [0.15, 0.2) is 0 Å². The summed E-state index contributed by atoms with van der Waals surface area (Å²) in [5.41, 5.74) is -1.41. The molecule has 0 aliphatic carbocycles. The summed E-state index contributed by atoms with van der Waals surface area (Å²) in [6.45, 7) is 18.3. The van der Waals surface area contributed by atoms with Gasteiger partial charge in [-0.3, -0.25) is 14.5 Å². The second kappa shape index (κ2) is 12.1. The Bertz CT molecular complexity index is 945. The summed E-state index contributed by atoms with van der Waals surface area (Å²) in [7, 11) is 3.11. The number of ether oxygens (including phenoxy) is 1. The summed E-state index contributed by atoms with van der Waals surface area (Å²) in [5.74, 6) is -0.954. The van der Waals surface area contributed by atoms with Gasteiger partial charge in [0.2, 0.25) is 11.8 Å². The van der Waals surface area contributed by atoms with Crippen molar-refractivity contribution in [2.75, 3.05) is 14.1 Å². The van der Waals surface area contributed by atoms with Crippen LogP contribution in [0.4, 0.5) is 4.79 Å². The largest absolute Gasteiger partial charge is 0.444 e. The number of benzene rings is 1. The summed E-state index contributed by atoms with van der Waals surface area (Å²) in [6.07, 6.45) is 0.107. The van der Waals surface area contributed by atoms with Crippen LogP contribution in [0.1, 0.15) is 74.8 Å². The van der Waals surface area contributed by atoms with Gasteiger partial charge in [0, 0.05) is 19.5 Å². The summed E-state index contributed by atoms with van der Waals surface area (Å²) in [4.78, 5) is 55.2. The molecule has 1 unspecified atom stereocenters. The van der Waals surface area contributed by atoms with Gasteiger partial charge in [0.05, 0.1) is 6.04 Å². The maximum absolute atomic E-state index is 14.0. The zero-order valence-electron chi connectivity index (χ0n) is 24.7. The van der Waals surface area contributed by atoms with E-state index < -0.39 is 46.6 Å². The predicted molar refractivity (Wildman–Crippen MR) is 146 cm³/mol. The molecule has 0 saturated heterocycles. The molecule has 1 aromatic carbocycles. The van der Waals surface area contributed by atoms with Gasteiger partial charge < -0.3 is 19.7 Å². The highest BCUT2D eigenvalue weighted by molar-refractivity contribution is 5.93. The normalized spacial score (nSPS) is 14.8. The number of carbonyl (C=O) groups is 4. The molecule has 0 aliphatic rings. The van der Waals surface area contributed by atoms with Crippen molar-refractivity contribution >= 4 is 24.2 Å². The highest BCUT2D eigenvalue weighted by atomic mass is 16.6. The number of carbonyl (C=O) groups excluding carboxylic acids is 4. The molecule has 0 heterocycles. The quantitative estimate of drug-likeness (QED) is 0.490. The Balaban J connectivity index is 3.53. The first-order chi connectivity index (χ1) is 16.8. The molecule has 0 saturated carbocycles. The van der Waals surface area contributed by atoms with Crippen LogP contribution in [0.2, 0.25) is 0 Å². The maximum atomic E-state index is 14.0. The van der Waals surface area contributed by atoms with Gasteiger partial charge in [0.1, 0.15) is 24.0 Å². The molecule has 0 aliphatic heterocycles. The van der Waals surface area contributed by atoms with E-state index in [2.05, 4.69) is 5.32 Å². The molecule has 8 nitrogen and oxygen atoms in total. The maximum Gasteiger partial charge on any atom is 0.410 e. The second-order valence-corrected chi connectivity index (χ2v) is 12.7. The molecule has 1 rings (SSSR count). The number of amides is 3. The monoisotopic (exact) mass is 517 g/mol. The van der Waals surface area contributed by atoms with Crippen molar-refractivity contribution in [1.82, 2.24) is 15.1 Å². The van der Waals surface area contributed by atoms with Crippen molar-refractivity contribution in [2.24, 2.45) is 11.3 Å². The van der Waals surface area contributed by atoms with E-state index in [1.807, 2.05) is 78.8 Å². The topological polar surface area (TPSA) is 96.0 Å². The summed E-state index contributed by atoms with van der Waals surface area (Å²) in [6, 6.07) is 6.88. The molecular weight excluding hydrogens is 470 g/mol. The number of nitrogens with zero attached hydrogens (tertiary/aromatic N) is 2. The molecule has 3 atom stereocenters. The van der Waals surface area contributed by atoms with Crippen LogP contribution in [-0.4, -0.2) is 71.8 Å². The second-order valence-electron chi connectivity index (χ2n) is 12.7. The Kier molecular flexibility index (Phi) is 10.5. The summed E-state index contributed by atoms with van der Waals surface area (Å²) in [5, 5.41) is 2.93.